The molecule has 0 fully saturated rings. The first kappa shape index (κ1) is 24.9. The third-order valence-electron chi connectivity index (χ3n) is 0. The summed E-state index contributed by atoms with van der Waals surface area (Å²) in [4.78, 5) is 0. The Bertz CT molecular complexity index is 63.0. The van der Waals surface area contributed by atoms with E-state index in [4.69, 9.17) is 15.1 Å². The zero-order chi connectivity index (χ0) is 14.3. The fraction of sp³-hybridized carbons (Fsp3) is 1.00. The van der Waals surface area contributed by atoms with E-state index in [2.05, 4.69) is 13.1 Å². The largest absolute Gasteiger partial charge is 0.907 e. The van der Waals surface area contributed by atoms with E-state index in [0.717, 1.165) is 0 Å². The lowest BCUT2D eigenvalue weighted by Crippen LogP contribution is -2.56. The molecule has 0 saturated carbocycles. The average molecular weight is 242 g/mol. The van der Waals surface area contributed by atoms with Gasteiger partial charge in [0, 0.05) is 0 Å². The van der Waals surface area contributed by atoms with Crippen molar-refractivity contribution in [3.05, 3.63) is 0 Å². The van der Waals surface area contributed by atoms with E-state index in [1.165, 1.54) is 0 Å². The van der Waals surface area contributed by atoms with Crippen LogP contribution in [0.5, 0.6) is 0 Å². The van der Waals surface area contributed by atoms with Crippen molar-refractivity contribution in [3.8, 4) is 0 Å². The Morgan fingerprint density at radius 3 is 0.500 bits per heavy atom. The SMILES string of the molecule is C[O+](C)C.C[O+](C)C.C[O+](C)C.[O-]B([O-])[O-]. The minimum atomic E-state index is -2.92. The predicted octanol–water partition coefficient (Wildman–Crippen LogP) is -2.66. The highest BCUT2D eigenvalue weighted by atomic mass is 16.7. The normalized spacial score (nSPS) is 8.44. The number of hydrogen-bond donors (Lipinski definition) is 0. The Morgan fingerprint density at radius 1 is 0.500 bits per heavy atom. The summed E-state index contributed by atoms with van der Waals surface area (Å²) in [6, 6.07) is 0. The molecule has 0 bridgehead atoms. The summed E-state index contributed by atoms with van der Waals surface area (Å²) in [6.07, 6.45) is 0. The van der Waals surface area contributed by atoms with Crippen LogP contribution < -0.4 is 15.1 Å². The molecule has 0 N–H and O–H groups in total. The summed E-state index contributed by atoms with van der Waals surface area (Å²) in [5.41, 5.74) is 0. The molecule has 0 atom stereocenters. The molecule has 7 heteroatoms. The van der Waals surface area contributed by atoms with Crippen molar-refractivity contribution in [1.29, 1.82) is 0 Å². The van der Waals surface area contributed by atoms with Gasteiger partial charge in [0.25, 0.3) is 0 Å². The van der Waals surface area contributed by atoms with Gasteiger partial charge in [0.2, 0.25) is 0 Å². The van der Waals surface area contributed by atoms with Gasteiger partial charge in [-0.1, -0.05) is 0 Å². The molecule has 0 aliphatic carbocycles. The molecule has 0 aliphatic heterocycles. The molecule has 0 aromatic rings. The van der Waals surface area contributed by atoms with E-state index < -0.39 is 7.32 Å². The maximum Gasteiger partial charge on any atom is 0.135 e. The lowest BCUT2D eigenvalue weighted by molar-refractivity contribution is -0.479. The summed E-state index contributed by atoms with van der Waals surface area (Å²) in [5, 5.41) is 25.2. The summed E-state index contributed by atoms with van der Waals surface area (Å²) in [5.74, 6) is 0. The lowest BCUT2D eigenvalue weighted by atomic mass is 10.3. The van der Waals surface area contributed by atoms with E-state index in [9.17, 15) is 0 Å². The van der Waals surface area contributed by atoms with Gasteiger partial charge in [-0.2, -0.15) is 0 Å². The molecule has 0 radical (unpaired) electrons. The van der Waals surface area contributed by atoms with Crippen LogP contribution in [-0.2, 0) is 13.1 Å². The Kier molecular flexibility index (Phi) is 31.5. The molecule has 0 unspecified atom stereocenters. The molecule has 102 valence electrons. The van der Waals surface area contributed by atoms with Crippen molar-refractivity contribution in [2.75, 3.05) is 64.0 Å². The van der Waals surface area contributed by atoms with Gasteiger partial charge in [0.05, 0.1) is 0 Å². The van der Waals surface area contributed by atoms with E-state index in [1.807, 2.05) is 64.0 Å². The maximum atomic E-state index is 8.42. The predicted molar refractivity (Wildman–Crippen MR) is 62.3 cm³/mol. The number of rotatable bonds is 0. The van der Waals surface area contributed by atoms with Gasteiger partial charge in [0.1, 0.15) is 64.0 Å². The monoisotopic (exact) mass is 242 g/mol. The molecular weight excluding hydrogens is 215 g/mol. The van der Waals surface area contributed by atoms with Crippen molar-refractivity contribution >= 4 is 7.32 Å². The standard InChI is InChI=1S/3C3H9O.BO3/c3*1-4(2)3;2-1(3)4/h3*1-3H3;/q3*+1;-3. The molecule has 0 heterocycles. The van der Waals surface area contributed by atoms with Crippen molar-refractivity contribution in [3.63, 3.8) is 0 Å². The second-order valence-corrected chi connectivity index (χ2v) is 3.96. The second-order valence-electron chi connectivity index (χ2n) is 3.96. The first-order valence-electron chi connectivity index (χ1n) is 4.38. The van der Waals surface area contributed by atoms with Crippen LogP contribution >= 0.6 is 0 Å². The van der Waals surface area contributed by atoms with Crippen molar-refractivity contribution < 1.29 is 28.2 Å². The molecule has 0 amide bonds. The summed E-state index contributed by atoms with van der Waals surface area (Å²) in [7, 11) is 14.3. The Balaban J connectivity index is -0.0000000600. The molecule has 0 rings (SSSR count). The number of hydrogen-bond acceptors (Lipinski definition) is 3. The van der Waals surface area contributed by atoms with Crippen LogP contribution in [0.4, 0.5) is 0 Å². The highest BCUT2D eigenvalue weighted by Crippen LogP contribution is 1.61. The molecule has 16 heavy (non-hydrogen) atoms. The smallest absolute Gasteiger partial charge is 0.135 e. The van der Waals surface area contributed by atoms with Crippen LogP contribution in [0.3, 0.4) is 0 Å². The van der Waals surface area contributed by atoms with Crippen molar-refractivity contribution in [2.24, 2.45) is 0 Å². The van der Waals surface area contributed by atoms with Gasteiger partial charge >= 0.3 is 0 Å². The zero-order valence-corrected chi connectivity index (χ0v) is 12.0. The van der Waals surface area contributed by atoms with Crippen molar-refractivity contribution in [1.82, 2.24) is 0 Å². The fourth-order valence-electron chi connectivity index (χ4n) is 0. The van der Waals surface area contributed by atoms with Gasteiger partial charge in [-0.3, -0.25) is 7.32 Å². The van der Waals surface area contributed by atoms with E-state index in [1.54, 1.807) is 0 Å². The van der Waals surface area contributed by atoms with Gasteiger partial charge in [-0.25, -0.2) is 0 Å². The van der Waals surface area contributed by atoms with E-state index in [0.29, 0.717) is 0 Å². The summed E-state index contributed by atoms with van der Waals surface area (Å²) < 4.78 is 7.75. The Hall–Kier alpha value is -0.175. The van der Waals surface area contributed by atoms with Crippen LogP contribution in [0.2, 0.25) is 0 Å². The quantitative estimate of drug-likeness (QED) is 0.343. The van der Waals surface area contributed by atoms with Gasteiger partial charge in [0.15, 0.2) is 0 Å². The van der Waals surface area contributed by atoms with Crippen LogP contribution in [0.15, 0.2) is 0 Å². The maximum absolute atomic E-state index is 8.42. The molecule has 0 spiro atoms. The van der Waals surface area contributed by atoms with Crippen molar-refractivity contribution in [2.45, 2.75) is 0 Å². The highest BCUT2D eigenvalue weighted by Gasteiger charge is 1.62. The Labute approximate surface area is 100 Å². The van der Waals surface area contributed by atoms with Crippen LogP contribution in [0.25, 0.3) is 0 Å². The molecular formula is C9H27BO6. The van der Waals surface area contributed by atoms with Gasteiger partial charge < -0.3 is 28.2 Å². The van der Waals surface area contributed by atoms with E-state index in [-0.39, 0.29) is 0 Å². The Morgan fingerprint density at radius 2 is 0.500 bits per heavy atom. The molecule has 0 aliphatic rings. The minimum Gasteiger partial charge on any atom is -0.907 e. The fourth-order valence-corrected chi connectivity index (χ4v) is 0. The average Bonchev–Trinajstić information content (AvgIpc) is 1.76. The highest BCUT2D eigenvalue weighted by molar-refractivity contribution is 6.24. The van der Waals surface area contributed by atoms with Crippen LogP contribution in [0.1, 0.15) is 0 Å². The minimum absolute atomic E-state index is 1.92. The molecule has 0 aromatic carbocycles. The van der Waals surface area contributed by atoms with Crippen LogP contribution in [-0.4, -0.2) is 71.3 Å². The van der Waals surface area contributed by atoms with E-state index >= 15 is 0 Å². The summed E-state index contributed by atoms with van der Waals surface area (Å²) in [6.45, 7) is 0. The summed E-state index contributed by atoms with van der Waals surface area (Å²) >= 11 is 0. The molecule has 0 aromatic heterocycles. The van der Waals surface area contributed by atoms with Crippen LogP contribution in [0, 0.1) is 0 Å². The molecule has 0 saturated heterocycles. The molecule has 6 nitrogen and oxygen atoms in total. The zero-order valence-electron chi connectivity index (χ0n) is 12.0. The third kappa shape index (κ3) is 74200. The lowest BCUT2D eigenvalue weighted by Gasteiger charge is -2.35. The third-order valence-corrected chi connectivity index (χ3v) is 0. The second kappa shape index (κ2) is 20.3. The van der Waals surface area contributed by atoms with Gasteiger partial charge in [-0.15, -0.1) is 0 Å². The first-order chi connectivity index (χ1) is 6.93. The first-order valence-corrected chi connectivity index (χ1v) is 4.38. The topological polar surface area (TPSA) is 77.3 Å². The van der Waals surface area contributed by atoms with Gasteiger partial charge in [-0.05, 0) is 0 Å².